The van der Waals surface area contributed by atoms with Crippen molar-refractivity contribution in [2.75, 3.05) is 18.4 Å². The SMILES string of the molecule is CCc1cc(Br)cc(C)c1NC(=O)CN(CCc1ccccc1)S(=O)(=O)c1cc(Cl)ccc1Cl. The molecule has 0 aliphatic heterocycles. The summed E-state index contributed by atoms with van der Waals surface area (Å²) in [5, 5.41) is 3.20. The van der Waals surface area contributed by atoms with E-state index >= 15 is 0 Å². The number of halogens is 3. The van der Waals surface area contributed by atoms with Gasteiger partial charge in [0.05, 0.1) is 11.6 Å². The highest BCUT2D eigenvalue weighted by molar-refractivity contribution is 9.10. The summed E-state index contributed by atoms with van der Waals surface area (Å²) in [4.78, 5) is 13.0. The van der Waals surface area contributed by atoms with Crippen LogP contribution in [0.3, 0.4) is 0 Å². The van der Waals surface area contributed by atoms with Crippen molar-refractivity contribution in [1.29, 1.82) is 0 Å². The van der Waals surface area contributed by atoms with Gasteiger partial charge in [-0.2, -0.15) is 4.31 Å². The third kappa shape index (κ3) is 6.61. The summed E-state index contributed by atoms with van der Waals surface area (Å²) in [5.74, 6) is -0.435. The number of hydrogen-bond acceptors (Lipinski definition) is 3. The van der Waals surface area contributed by atoms with Crippen LogP contribution in [0.25, 0.3) is 0 Å². The molecular formula is C25H25BrCl2N2O3S. The van der Waals surface area contributed by atoms with Crippen LogP contribution in [-0.2, 0) is 27.7 Å². The maximum absolute atomic E-state index is 13.5. The second kappa shape index (κ2) is 11.7. The fourth-order valence-electron chi connectivity index (χ4n) is 3.61. The Balaban J connectivity index is 1.91. The fourth-order valence-corrected chi connectivity index (χ4v) is 6.36. The summed E-state index contributed by atoms with van der Waals surface area (Å²) < 4.78 is 29.2. The Labute approximate surface area is 219 Å². The number of amides is 1. The molecule has 0 radical (unpaired) electrons. The Morgan fingerprint density at radius 2 is 1.76 bits per heavy atom. The van der Waals surface area contributed by atoms with Crippen LogP contribution in [0.15, 0.2) is 70.0 Å². The number of anilines is 1. The summed E-state index contributed by atoms with van der Waals surface area (Å²) in [5.41, 5.74) is 3.49. The smallest absolute Gasteiger partial charge is 0.245 e. The Morgan fingerprint density at radius 3 is 2.44 bits per heavy atom. The van der Waals surface area contributed by atoms with Gasteiger partial charge >= 0.3 is 0 Å². The van der Waals surface area contributed by atoms with E-state index in [4.69, 9.17) is 23.2 Å². The molecule has 180 valence electrons. The zero-order valence-corrected chi connectivity index (χ0v) is 22.7. The van der Waals surface area contributed by atoms with Gasteiger partial charge < -0.3 is 5.32 Å². The largest absolute Gasteiger partial charge is 0.324 e. The molecule has 0 saturated heterocycles. The highest BCUT2D eigenvalue weighted by Gasteiger charge is 2.29. The molecule has 0 bridgehead atoms. The molecule has 9 heteroatoms. The van der Waals surface area contributed by atoms with Gasteiger partial charge in [-0.15, -0.1) is 0 Å². The maximum atomic E-state index is 13.5. The monoisotopic (exact) mass is 582 g/mol. The molecule has 0 aromatic heterocycles. The standard InChI is InChI=1S/C25H25BrCl2N2O3S/c1-3-19-14-20(26)13-17(2)25(19)29-24(31)16-30(12-11-18-7-5-4-6-8-18)34(32,33)23-15-21(27)9-10-22(23)28/h4-10,13-15H,3,11-12,16H2,1-2H3,(H,29,31). The minimum Gasteiger partial charge on any atom is -0.324 e. The predicted octanol–water partition coefficient (Wildman–Crippen LogP) is 6.50. The molecule has 0 heterocycles. The lowest BCUT2D eigenvalue weighted by atomic mass is 10.1. The first-order valence-electron chi connectivity index (χ1n) is 10.7. The van der Waals surface area contributed by atoms with Crippen molar-refractivity contribution < 1.29 is 13.2 Å². The van der Waals surface area contributed by atoms with Crippen molar-refractivity contribution in [2.24, 2.45) is 0 Å². The van der Waals surface area contributed by atoms with E-state index in [9.17, 15) is 13.2 Å². The van der Waals surface area contributed by atoms with Crippen LogP contribution < -0.4 is 5.32 Å². The van der Waals surface area contributed by atoms with Crippen molar-refractivity contribution in [1.82, 2.24) is 4.31 Å². The average Bonchev–Trinajstić information content (AvgIpc) is 2.80. The molecule has 0 unspecified atom stereocenters. The molecule has 34 heavy (non-hydrogen) atoms. The summed E-state index contributed by atoms with van der Waals surface area (Å²) in [7, 11) is -4.10. The van der Waals surface area contributed by atoms with Crippen molar-refractivity contribution in [3.8, 4) is 0 Å². The van der Waals surface area contributed by atoms with Gasteiger partial charge in [0.2, 0.25) is 15.9 Å². The first-order valence-corrected chi connectivity index (χ1v) is 13.7. The number of nitrogens with zero attached hydrogens (tertiary/aromatic N) is 1. The van der Waals surface area contributed by atoms with Crippen molar-refractivity contribution in [2.45, 2.75) is 31.6 Å². The van der Waals surface area contributed by atoms with Crippen LogP contribution in [0.2, 0.25) is 10.0 Å². The van der Waals surface area contributed by atoms with Gasteiger partial charge in [0.1, 0.15) is 4.90 Å². The van der Waals surface area contributed by atoms with Gasteiger partial charge in [0.15, 0.2) is 0 Å². The fraction of sp³-hybridized carbons (Fsp3) is 0.240. The highest BCUT2D eigenvalue weighted by Crippen LogP contribution is 2.29. The van der Waals surface area contributed by atoms with E-state index in [0.29, 0.717) is 18.5 Å². The maximum Gasteiger partial charge on any atom is 0.245 e. The molecule has 0 fully saturated rings. The van der Waals surface area contributed by atoms with Crippen LogP contribution in [0, 0.1) is 6.92 Å². The lowest BCUT2D eigenvalue weighted by Gasteiger charge is -2.23. The normalized spacial score (nSPS) is 11.6. The molecule has 0 aliphatic carbocycles. The number of carbonyl (C=O) groups is 1. The van der Waals surface area contributed by atoms with E-state index in [0.717, 1.165) is 25.5 Å². The summed E-state index contributed by atoms with van der Waals surface area (Å²) in [6.07, 6.45) is 1.15. The third-order valence-electron chi connectivity index (χ3n) is 5.35. The molecule has 3 aromatic rings. The predicted molar refractivity (Wildman–Crippen MR) is 142 cm³/mol. The average molecular weight is 584 g/mol. The van der Waals surface area contributed by atoms with Crippen LogP contribution in [-0.4, -0.2) is 31.7 Å². The Bertz CT molecular complexity index is 1280. The Hall–Kier alpha value is -1.90. The summed E-state index contributed by atoms with van der Waals surface area (Å²) in [6.45, 7) is 3.63. The van der Waals surface area contributed by atoms with Crippen LogP contribution in [0.4, 0.5) is 5.69 Å². The minimum atomic E-state index is -4.10. The number of hydrogen-bond donors (Lipinski definition) is 1. The van der Waals surface area contributed by atoms with E-state index < -0.39 is 15.9 Å². The summed E-state index contributed by atoms with van der Waals surface area (Å²) in [6, 6.07) is 17.6. The molecule has 1 amide bonds. The van der Waals surface area contributed by atoms with Gasteiger partial charge in [-0.05, 0) is 66.8 Å². The van der Waals surface area contributed by atoms with Gasteiger partial charge in [0, 0.05) is 21.7 Å². The lowest BCUT2D eigenvalue weighted by Crippen LogP contribution is -2.39. The second-order valence-corrected chi connectivity index (χ2v) is 11.5. The number of aryl methyl sites for hydroxylation is 2. The molecular weight excluding hydrogens is 559 g/mol. The Morgan fingerprint density at radius 1 is 1.06 bits per heavy atom. The van der Waals surface area contributed by atoms with E-state index in [1.54, 1.807) is 0 Å². The van der Waals surface area contributed by atoms with E-state index in [-0.39, 0.29) is 28.0 Å². The number of sulfonamides is 1. The number of benzene rings is 3. The molecule has 5 nitrogen and oxygen atoms in total. The van der Waals surface area contributed by atoms with E-state index in [1.807, 2.05) is 56.3 Å². The van der Waals surface area contributed by atoms with Crippen LogP contribution in [0.1, 0.15) is 23.6 Å². The molecule has 0 aliphatic rings. The van der Waals surface area contributed by atoms with Gasteiger partial charge in [-0.1, -0.05) is 76.4 Å². The van der Waals surface area contributed by atoms with E-state index in [1.165, 1.54) is 18.2 Å². The lowest BCUT2D eigenvalue weighted by molar-refractivity contribution is -0.116. The number of carbonyl (C=O) groups excluding carboxylic acids is 1. The third-order valence-corrected chi connectivity index (χ3v) is 8.37. The molecule has 0 atom stereocenters. The van der Waals surface area contributed by atoms with Gasteiger partial charge in [-0.25, -0.2) is 8.42 Å². The summed E-state index contributed by atoms with van der Waals surface area (Å²) >= 11 is 15.7. The van der Waals surface area contributed by atoms with Crippen molar-refractivity contribution in [3.05, 3.63) is 91.9 Å². The zero-order valence-electron chi connectivity index (χ0n) is 18.8. The van der Waals surface area contributed by atoms with Crippen molar-refractivity contribution >= 4 is 60.7 Å². The molecule has 0 saturated carbocycles. The molecule has 3 aromatic carbocycles. The van der Waals surface area contributed by atoms with Gasteiger partial charge in [-0.3, -0.25) is 4.79 Å². The molecule has 1 N–H and O–H groups in total. The Kier molecular flexibility index (Phi) is 9.18. The topological polar surface area (TPSA) is 66.5 Å². The second-order valence-electron chi connectivity index (χ2n) is 7.81. The van der Waals surface area contributed by atoms with E-state index in [2.05, 4.69) is 21.2 Å². The number of rotatable bonds is 9. The first kappa shape index (κ1) is 26.7. The van der Waals surface area contributed by atoms with Crippen molar-refractivity contribution in [3.63, 3.8) is 0 Å². The highest BCUT2D eigenvalue weighted by atomic mass is 79.9. The minimum absolute atomic E-state index is 0.0477. The quantitative estimate of drug-likeness (QED) is 0.313. The zero-order chi connectivity index (χ0) is 24.9. The first-order chi connectivity index (χ1) is 16.1. The van der Waals surface area contributed by atoms with Gasteiger partial charge in [0.25, 0.3) is 0 Å². The van der Waals surface area contributed by atoms with Crippen LogP contribution in [0.5, 0.6) is 0 Å². The molecule has 3 rings (SSSR count). The molecule has 0 spiro atoms. The van der Waals surface area contributed by atoms with Crippen LogP contribution >= 0.6 is 39.1 Å². The number of nitrogens with one attached hydrogen (secondary N) is 1.